The van der Waals surface area contributed by atoms with Gasteiger partial charge in [-0.05, 0) is 31.0 Å². The highest BCUT2D eigenvalue weighted by Crippen LogP contribution is 2.30. The second-order valence-corrected chi connectivity index (χ2v) is 5.97. The molecule has 10 heteroatoms. The molecule has 0 unspecified atom stereocenters. The van der Waals surface area contributed by atoms with Crippen LogP contribution < -0.4 is 16.4 Å². The van der Waals surface area contributed by atoms with Gasteiger partial charge in [0.25, 0.3) is 0 Å². The van der Waals surface area contributed by atoms with Crippen molar-refractivity contribution < 1.29 is 9.66 Å². The summed E-state index contributed by atoms with van der Waals surface area (Å²) in [5.74, 6) is -0.0305. The van der Waals surface area contributed by atoms with E-state index < -0.39 is 4.92 Å². The second-order valence-electron chi connectivity index (χ2n) is 5.54. The minimum atomic E-state index is -0.601. The molecule has 0 amide bonds. The highest BCUT2D eigenvalue weighted by molar-refractivity contribution is 6.30. The normalized spacial score (nSPS) is 16.6. The fourth-order valence-electron chi connectivity index (χ4n) is 2.54. The fraction of sp³-hybridized carbons (Fsp3) is 0.333. The van der Waals surface area contributed by atoms with Gasteiger partial charge in [0.05, 0.1) is 11.0 Å². The lowest BCUT2D eigenvalue weighted by Gasteiger charge is -2.13. The number of nitrogens with zero attached hydrogens (tertiary/aromatic N) is 3. The third-order valence-electron chi connectivity index (χ3n) is 3.70. The van der Waals surface area contributed by atoms with E-state index in [1.807, 2.05) is 0 Å². The second kappa shape index (κ2) is 7.49. The molecule has 0 aliphatic carbocycles. The Morgan fingerprint density at radius 1 is 1.44 bits per heavy atom. The van der Waals surface area contributed by atoms with Crippen molar-refractivity contribution in [1.82, 2.24) is 9.97 Å². The number of nitrogens with two attached hydrogens (primary N) is 1. The average molecular weight is 365 g/mol. The van der Waals surface area contributed by atoms with Gasteiger partial charge >= 0.3 is 5.69 Å². The van der Waals surface area contributed by atoms with Gasteiger partial charge in [0.1, 0.15) is 0 Å². The van der Waals surface area contributed by atoms with E-state index in [1.165, 1.54) is 0 Å². The lowest BCUT2D eigenvalue weighted by molar-refractivity contribution is -0.383. The Kier molecular flexibility index (Phi) is 5.15. The first kappa shape index (κ1) is 17.2. The Morgan fingerprint density at radius 3 is 2.96 bits per heavy atom. The lowest BCUT2D eigenvalue weighted by atomic mass is 10.2. The maximum absolute atomic E-state index is 11.3. The van der Waals surface area contributed by atoms with Crippen molar-refractivity contribution in [1.29, 1.82) is 0 Å². The van der Waals surface area contributed by atoms with Gasteiger partial charge in [0.2, 0.25) is 17.6 Å². The van der Waals surface area contributed by atoms with E-state index >= 15 is 0 Å². The summed E-state index contributed by atoms with van der Waals surface area (Å²) in [6.45, 7) is 1.11. The highest BCUT2D eigenvalue weighted by Gasteiger charge is 2.24. The highest BCUT2D eigenvalue weighted by atomic mass is 35.5. The summed E-state index contributed by atoms with van der Waals surface area (Å²) in [6.07, 6.45) is 1.87. The van der Waals surface area contributed by atoms with Crippen LogP contribution in [0.5, 0.6) is 0 Å². The summed E-state index contributed by atoms with van der Waals surface area (Å²) < 4.78 is 5.51. The summed E-state index contributed by atoms with van der Waals surface area (Å²) in [4.78, 5) is 18.8. The van der Waals surface area contributed by atoms with Crippen LogP contribution in [0.25, 0.3) is 0 Å². The summed E-state index contributed by atoms with van der Waals surface area (Å²) >= 11 is 5.94. The van der Waals surface area contributed by atoms with Crippen LogP contribution in [0.1, 0.15) is 12.8 Å². The van der Waals surface area contributed by atoms with Gasteiger partial charge in [0, 0.05) is 23.9 Å². The molecule has 3 rings (SSSR count). The van der Waals surface area contributed by atoms with Crippen LogP contribution >= 0.6 is 11.6 Å². The van der Waals surface area contributed by atoms with Crippen LogP contribution in [0.4, 0.5) is 29.0 Å². The molecule has 1 aliphatic rings. The van der Waals surface area contributed by atoms with Crippen LogP contribution in [-0.2, 0) is 4.74 Å². The zero-order chi connectivity index (χ0) is 17.8. The Balaban J connectivity index is 1.85. The van der Waals surface area contributed by atoms with E-state index in [0.29, 0.717) is 23.9 Å². The molecule has 0 radical (unpaired) electrons. The summed E-state index contributed by atoms with van der Waals surface area (Å²) in [7, 11) is 0. The number of rotatable bonds is 6. The molecule has 2 heterocycles. The maximum Gasteiger partial charge on any atom is 0.353 e. The standard InChI is InChI=1S/C15H17ClN6O3/c16-9-3-1-4-10(7-9)19-15-20-13(17)12(22(23)24)14(21-15)18-8-11-5-2-6-25-11/h1,3-4,7,11H,2,5-6,8H2,(H4,17,18,19,20,21)/t11-/m0/s1. The number of benzene rings is 1. The first-order valence-electron chi connectivity index (χ1n) is 7.73. The molecule has 1 aliphatic heterocycles. The van der Waals surface area contributed by atoms with Gasteiger partial charge in [-0.2, -0.15) is 9.97 Å². The van der Waals surface area contributed by atoms with Gasteiger partial charge in [-0.25, -0.2) is 0 Å². The fourth-order valence-corrected chi connectivity index (χ4v) is 2.73. The molecule has 1 saturated heterocycles. The van der Waals surface area contributed by atoms with Gasteiger partial charge in [-0.3, -0.25) is 10.1 Å². The number of anilines is 4. The first-order valence-corrected chi connectivity index (χ1v) is 8.10. The SMILES string of the molecule is Nc1nc(Nc2cccc(Cl)c2)nc(NC[C@@H]2CCCO2)c1[N+](=O)[O-]. The van der Waals surface area contributed by atoms with Gasteiger partial charge in [0.15, 0.2) is 0 Å². The summed E-state index contributed by atoms with van der Waals surface area (Å²) in [5, 5.41) is 17.7. The van der Waals surface area contributed by atoms with Crippen molar-refractivity contribution in [2.45, 2.75) is 18.9 Å². The minimum Gasteiger partial charge on any atom is -0.378 e. The van der Waals surface area contributed by atoms with Crippen molar-refractivity contribution >= 4 is 40.6 Å². The summed E-state index contributed by atoms with van der Waals surface area (Å²) in [6, 6.07) is 6.94. The third kappa shape index (κ3) is 4.25. The zero-order valence-electron chi connectivity index (χ0n) is 13.2. The zero-order valence-corrected chi connectivity index (χ0v) is 14.0. The first-order chi connectivity index (χ1) is 12.0. The van der Waals surface area contributed by atoms with Crippen LogP contribution in [0.2, 0.25) is 5.02 Å². The van der Waals surface area contributed by atoms with Crippen LogP contribution in [0, 0.1) is 10.1 Å². The van der Waals surface area contributed by atoms with Gasteiger partial charge < -0.3 is 21.1 Å². The van der Waals surface area contributed by atoms with Crippen LogP contribution in [0.15, 0.2) is 24.3 Å². The Bertz CT molecular complexity index is 782. The number of hydrogen-bond acceptors (Lipinski definition) is 8. The predicted molar refractivity (Wildman–Crippen MR) is 95.3 cm³/mol. The quantitative estimate of drug-likeness (QED) is 0.527. The van der Waals surface area contributed by atoms with E-state index in [-0.39, 0.29) is 29.4 Å². The van der Waals surface area contributed by atoms with Gasteiger partial charge in [-0.15, -0.1) is 0 Å². The van der Waals surface area contributed by atoms with E-state index in [1.54, 1.807) is 24.3 Å². The lowest BCUT2D eigenvalue weighted by Crippen LogP contribution is -2.20. The number of nitro groups is 1. The maximum atomic E-state index is 11.3. The Labute approximate surface area is 148 Å². The smallest absolute Gasteiger partial charge is 0.353 e. The third-order valence-corrected chi connectivity index (χ3v) is 3.93. The molecule has 9 nitrogen and oxygen atoms in total. The largest absolute Gasteiger partial charge is 0.378 e. The molecule has 25 heavy (non-hydrogen) atoms. The van der Waals surface area contributed by atoms with Crippen LogP contribution in [0.3, 0.4) is 0 Å². The van der Waals surface area contributed by atoms with E-state index in [9.17, 15) is 10.1 Å². The van der Waals surface area contributed by atoms with Gasteiger partial charge in [-0.1, -0.05) is 17.7 Å². The van der Waals surface area contributed by atoms with E-state index in [4.69, 9.17) is 22.1 Å². The molecule has 132 valence electrons. The minimum absolute atomic E-state index is 0.000123. The summed E-state index contributed by atoms with van der Waals surface area (Å²) in [5.41, 5.74) is 6.05. The molecule has 4 N–H and O–H groups in total. The molecular weight excluding hydrogens is 348 g/mol. The average Bonchev–Trinajstić information content (AvgIpc) is 3.05. The molecule has 0 bridgehead atoms. The molecule has 1 aromatic heterocycles. The molecule has 1 aromatic carbocycles. The predicted octanol–water partition coefficient (Wildman–Crippen LogP) is 2.95. The molecule has 0 saturated carbocycles. The number of ether oxygens (including phenoxy) is 1. The number of hydrogen-bond donors (Lipinski definition) is 3. The van der Waals surface area contributed by atoms with Crippen molar-refractivity contribution in [3.8, 4) is 0 Å². The molecule has 1 atom stereocenters. The van der Waals surface area contributed by atoms with Crippen molar-refractivity contribution in [3.63, 3.8) is 0 Å². The Hall–Kier alpha value is -2.65. The number of nitrogens with one attached hydrogen (secondary N) is 2. The van der Waals surface area contributed by atoms with Crippen molar-refractivity contribution in [2.75, 3.05) is 29.5 Å². The van der Waals surface area contributed by atoms with Crippen LogP contribution in [-0.4, -0.2) is 34.1 Å². The molecule has 1 fully saturated rings. The number of nitrogen functional groups attached to an aromatic ring is 1. The molecule has 2 aromatic rings. The van der Waals surface area contributed by atoms with E-state index in [0.717, 1.165) is 12.8 Å². The molecular formula is C15H17ClN6O3. The Morgan fingerprint density at radius 2 is 2.28 bits per heavy atom. The monoisotopic (exact) mass is 364 g/mol. The van der Waals surface area contributed by atoms with Crippen molar-refractivity contribution in [2.24, 2.45) is 0 Å². The van der Waals surface area contributed by atoms with Crippen molar-refractivity contribution in [3.05, 3.63) is 39.4 Å². The number of aromatic nitrogens is 2. The molecule has 0 spiro atoms. The van der Waals surface area contributed by atoms with E-state index in [2.05, 4.69) is 20.6 Å². The number of halogens is 1. The topological polar surface area (TPSA) is 128 Å².